The molecule has 0 radical (unpaired) electrons. The summed E-state index contributed by atoms with van der Waals surface area (Å²) in [5, 5.41) is 2.95. The van der Waals surface area contributed by atoms with Gasteiger partial charge in [-0.15, -0.1) is 0 Å². The number of carbonyl (C=O) groups is 1. The molecule has 1 N–H and O–H groups in total. The van der Waals surface area contributed by atoms with E-state index in [9.17, 15) is 13.2 Å². The fourth-order valence-corrected chi connectivity index (χ4v) is 5.78. The fraction of sp³-hybridized carbons (Fsp3) is 0.269. The third kappa shape index (κ3) is 4.94. The van der Waals surface area contributed by atoms with E-state index < -0.39 is 16.1 Å². The molecule has 6 nitrogen and oxygen atoms in total. The Labute approximate surface area is 195 Å². The molecule has 3 aromatic carbocycles. The molecule has 1 atom stereocenters. The smallest absolute Gasteiger partial charge is 0.244 e. The first-order valence-corrected chi connectivity index (χ1v) is 12.4. The number of benzene rings is 3. The Bertz CT molecular complexity index is 1250. The lowest BCUT2D eigenvalue weighted by Gasteiger charge is -2.35. The Morgan fingerprint density at radius 3 is 2.36 bits per heavy atom. The van der Waals surface area contributed by atoms with Crippen molar-refractivity contribution >= 4 is 21.6 Å². The lowest BCUT2D eigenvalue weighted by molar-refractivity contribution is -0.125. The minimum absolute atomic E-state index is 0.169. The standard InChI is InChI=1S/C26H29N3O3S/c1-19-7-6-10-24(15-19)33(31,32)29-18-22-9-5-4-8-21(22)16-25(29)26(30)27-17-20-11-13-23(14-12-20)28(2)3/h4-15,25H,16-18H2,1-3H3,(H,27,30). The molecule has 1 aliphatic heterocycles. The lowest BCUT2D eigenvalue weighted by Crippen LogP contribution is -2.52. The van der Waals surface area contributed by atoms with Crippen molar-refractivity contribution < 1.29 is 13.2 Å². The number of rotatable bonds is 6. The third-order valence-corrected chi connectivity index (χ3v) is 7.87. The van der Waals surface area contributed by atoms with E-state index in [4.69, 9.17) is 0 Å². The number of amides is 1. The number of hydrogen-bond donors (Lipinski definition) is 1. The summed E-state index contributed by atoms with van der Waals surface area (Å²) >= 11 is 0. The summed E-state index contributed by atoms with van der Waals surface area (Å²) in [7, 11) is 0.0938. The zero-order valence-electron chi connectivity index (χ0n) is 19.2. The van der Waals surface area contributed by atoms with E-state index in [2.05, 4.69) is 5.32 Å². The maximum atomic E-state index is 13.6. The summed E-state index contributed by atoms with van der Waals surface area (Å²) in [4.78, 5) is 15.5. The highest BCUT2D eigenvalue weighted by Crippen LogP contribution is 2.29. The van der Waals surface area contributed by atoms with Crippen molar-refractivity contribution in [2.24, 2.45) is 0 Å². The van der Waals surface area contributed by atoms with Crippen molar-refractivity contribution in [1.82, 2.24) is 9.62 Å². The molecule has 0 spiro atoms. The number of hydrogen-bond acceptors (Lipinski definition) is 4. The molecule has 4 rings (SSSR count). The topological polar surface area (TPSA) is 69.7 Å². The number of nitrogens with one attached hydrogen (secondary N) is 1. The van der Waals surface area contributed by atoms with Crippen molar-refractivity contribution in [2.45, 2.75) is 37.4 Å². The van der Waals surface area contributed by atoms with E-state index in [0.717, 1.165) is 27.9 Å². The molecule has 1 unspecified atom stereocenters. The summed E-state index contributed by atoms with van der Waals surface area (Å²) in [6, 6.07) is 21.6. The van der Waals surface area contributed by atoms with E-state index >= 15 is 0 Å². The normalized spacial score (nSPS) is 16.2. The molecular weight excluding hydrogens is 434 g/mol. The highest BCUT2D eigenvalue weighted by molar-refractivity contribution is 7.89. The van der Waals surface area contributed by atoms with E-state index in [1.807, 2.05) is 80.5 Å². The first kappa shape index (κ1) is 23.0. The molecule has 0 saturated carbocycles. The van der Waals surface area contributed by atoms with Crippen LogP contribution in [0.1, 0.15) is 22.3 Å². The number of carbonyl (C=O) groups excluding carboxylic acids is 1. The fourth-order valence-electron chi connectivity index (χ4n) is 4.11. The van der Waals surface area contributed by atoms with Crippen LogP contribution in [0, 0.1) is 6.92 Å². The van der Waals surface area contributed by atoms with Crippen LogP contribution in [0.4, 0.5) is 5.69 Å². The largest absolute Gasteiger partial charge is 0.378 e. The maximum absolute atomic E-state index is 13.6. The summed E-state index contributed by atoms with van der Waals surface area (Å²) in [5.74, 6) is -0.294. The second kappa shape index (κ2) is 9.37. The highest BCUT2D eigenvalue weighted by Gasteiger charge is 2.39. The average Bonchev–Trinajstić information content (AvgIpc) is 2.82. The quantitative estimate of drug-likeness (QED) is 0.608. The van der Waals surface area contributed by atoms with Gasteiger partial charge in [0.1, 0.15) is 6.04 Å². The maximum Gasteiger partial charge on any atom is 0.244 e. The Kier molecular flexibility index (Phi) is 6.54. The van der Waals surface area contributed by atoms with Crippen molar-refractivity contribution in [2.75, 3.05) is 19.0 Å². The molecule has 7 heteroatoms. The van der Waals surface area contributed by atoms with Crippen molar-refractivity contribution in [3.63, 3.8) is 0 Å². The molecule has 0 fully saturated rings. The van der Waals surface area contributed by atoms with Gasteiger partial charge in [-0.2, -0.15) is 4.31 Å². The Balaban J connectivity index is 1.60. The number of sulfonamides is 1. The molecule has 3 aromatic rings. The second-order valence-electron chi connectivity index (χ2n) is 8.63. The summed E-state index contributed by atoms with van der Waals surface area (Å²) in [5.41, 5.74) is 4.82. The van der Waals surface area contributed by atoms with Crippen LogP contribution < -0.4 is 10.2 Å². The van der Waals surface area contributed by atoms with Crippen molar-refractivity contribution in [3.05, 3.63) is 95.1 Å². The molecular formula is C26H29N3O3S. The minimum Gasteiger partial charge on any atom is -0.378 e. The zero-order chi connectivity index (χ0) is 23.6. The van der Waals surface area contributed by atoms with Gasteiger partial charge in [0.15, 0.2) is 0 Å². The number of fused-ring (bicyclic) bond motifs is 1. The average molecular weight is 464 g/mol. The van der Waals surface area contributed by atoms with Crippen molar-refractivity contribution in [1.29, 1.82) is 0 Å². The van der Waals surface area contributed by atoms with Gasteiger partial charge >= 0.3 is 0 Å². The van der Waals surface area contributed by atoms with Crippen LogP contribution in [0.3, 0.4) is 0 Å². The zero-order valence-corrected chi connectivity index (χ0v) is 20.0. The summed E-state index contributed by atoms with van der Waals surface area (Å²) in [6.07, 6.45) is 0.340. The van der Waals surface area contributed by atoms with Gasteiger partial charge in [0.05, 0.1) is 4.90 Å². The summed E-state index contributed by atoms with van der Waals surface area (Å²) in [6.45, 7) is 2.36. The Morgan fingerprint density at radius 1 is 1.00 bits per heavy atom. The van der Waals surface area contributed by atoms with Crippen LogP contribution in [0.5, 0.6) is 0 Å². The first-order valence-electron chi connectivity index (χ1n) is 10.9. The van der Waals surface area contributed by atoms with Crippen LogP contribution >= 0.6 is 0 Å². The van der Waals surface area contributed by atoms with Crippen LogP contribution in [0.2, 0.25) is 0 Å². The number of nitrogens with zero attached hydrogens (tertiary/aromatic N) is 2. The van der Waals surface area contributed by atoms with Crippen LogP contribution in [-0.2, 0) is 34.3 Å². The van der Waals surface area contributed by atoms with E-state index in [1.54, 1.807) is 18.2 Å². The van der Waals surface area contributed by atoms with Gasteiger partial charge in [-0.3, -0.25) is 4.79 Å². The van der Waals surface area contributed by atoms with E-state index in [0.29, 0.717) is 13.0 Å². The molecule has 1 amide bonds. The monoisotopic (exact) mass is 463 g/mol. The molecule has 0 saturated heterocycles. The van der Waals surface area contributed by atoms with Crippen molar-refractivity contribution in [3.8, 4) is 0 Å². The van der Waals surface area contributed by atoms with Gasteiger partial charge in [0.25, 0.3) is 0 Å². The molecule has 1 heterocycles. The molecule has 0 bridgehead atoms. The molecule has 33 heavy (non-hydrogen) atoms. The van der Waals surface area contributed by atoms with Crippen LogP contribution in [0.25, 0.3) is 0 Å². The van der Waals surface area contributed by atoms with E-state index in [-0.39, 0.29) is 17.3 Å². The molecule has 0 aliphatic carbocycles. The minimum atomic E-state index is -3.85. The predicted octanol–water partition coefficient (Wildman–Crippen LogP) is 3.49. The molecule has 1 aliphatic rings. The van der Waals surface area contributed by atoms with Gasteiger partial charge in [-0.05, 0) is 59.9 Å². The predicted molar refractivity (Wildman–Crippen MR) is 130 cm³/mol. The van der Waals surface area contributed by atoms with Gasteiger partial charge in [0, 0.05) is 32.9 Å². The van der Waals surface area contributed by atoms with Crippen LogP contribution in [-0.4, -0.2) is 38.8 Å². The third-order valence-electron chi connectivity index (χ3n) is 6.02. The summed E-state index contributed by atoms with van der Waals surface area (Å²) < 4.78 is 28.5. The Morgan fingerprint density at radius 2 is 1.70 bits per heavy atom. The lowest BCUT2D eigenvalue weighted by atomic mass is 9.95. The SMILES string of the molecule is Cc1cccc(S(=O)(=O)N2Cc3ccccc3CC2C(=O)NCc2ccc(N(C)C)cc2)c1. The Hall–Kier alpha value is -3.16. The van der Waals surface area contributed by atoms with Gasteiger partial charge in [-0.1, -0.05) is 48.5 Å². The molecule has 0 aromatic heterocycles. The molecule has 172 valence electrons. The van der Waals surface area contributed by atoms with Gasteiger partial charge in [0.2, 0.25) is 15.9 Å². The first-order chi connectivity index (χ1) is 15.8. The van der Waals surface area contributed by atoms with E-state index in [1.165, 1.54) is 4.31 Å². The number of anilines is 1. The highest BCUT2D eigenvalue weighted by atomic mass is 32.2. The second-order valence-corrected chi connectivity index (χ2v) is 10.5. The van der Waals surface area contributed by atoms with Crippen LogP contribution in [0.15, 0.2) is 77.7 Å². The number of aryl methyl sites for hydroxylation is 1. The van der Waals surface area contributed by atoms with Gasteiger partial charge < -0.3 is 10.2 Å². The van der Waals surface area contributed by atoms with Gasteiger partial charge in [-0.25, -0.2) is 8.42 Å².